The molecule has 0 saturated carbocycles. The smallest absolute Gasteiger partial charge is 0.138 e. The van der Waals surface area contributed by atoms with Gasteiger partial charge in [0.1, 0.15) is 4.32 Å². The number of halogens is 1. The number of aromatic nitrogens is 1. The Hall–Kier alpha value is -1.10. The van der Waals surface area contributed by atoms with E-state index in [1.807, 2.05) is 24.3 Å². The van der Waals surface area contributed by atoms with E-state index >= 15 is 0 Å². The molecular formula is C18H21ClN2S2. The zero-order valence-corrected chi connectivity index (χ0v) is 15.9. The number of nitrogens with one attached hydrogen (secondary N) is 1. The molecule has 0 fully saturated rings. The molecule has 0 saturated heterocycles. The van der Waals surface area contributed by atoms with E-state index in [0.29, 0.717) is 5.92 Å². The summed E-state index contributed by atoms with van der Waals surface area (Å²) in [5.74, 6) is 0.460. The van der Waals surface area contributed by atoms with Crippen LogP contribution in [0.1, 0.15) is 26.3 Å². The highest BCUT2D eigenvalue weighted by Gasteiger charge is 2.28. The molecule has 2 rings (SSSR count). The standard InChI is InChI=1S/C18H21ClN2S2/c1-13(11-14-6-8-15(19)9-7-14)18(2,3)23-17(22)21-16-5-4-10-20-12-16/h4-10,12-13H,11H2,1-3H3,(H,21,22). The van der Waals surface area contributed by atoms with Crippen LogP contribution in [-0.2, 0) is 6.42 Å². The SMILES string of the molecule is CC(Cc1ccc(Cl)cc1)C(C)(C)SC(=S)Nc1cccnc1. The maximum atomic E-state index is 5.95. The topological polar surface area (TPSA) is 24.9 Å². The third kappa shape index (κ3) is 5.79. The van der Waals surface area contributed by atoms with Crippen molar-refractivity contribution in [1.29, 1.82) is 0 Å². The van der Waals surface area contributed by atoms with Crippen LogP contribution in [0.5, 0.6) is 0 Å². The van der Waals surface area contributed by atoms with Crippen LogP contribution in [0.25, 0.3) is 0 Å². The average Bonchev–Trinajstić information content (AvgIpc) is 2.50. The Morgan fingerprint density at radius 3 is 2.61 bits per heavy atom. The molecule has 23 heavy (non-hydrogen) atoms. The summed E-state index contributed by atoms with van der Waals surface area (Å²) < 4.78 is 0.789. The minimum absolute atomic E-state index is 0.0198. The lowest BCUT2D eigenvalue weighted by atomic mass is 9.90. The van der Waals surface area contributed by atoms with Crippen molar-refractivity contribution in [3.05, 3.63) is 59.4 Å². The summed E-state index contributed by atoms with van der Waals surface area (Å²) in [4.78, 5) is 4.09. The minimum Gasteiger partial charge on any atom is -0.340 e. The average molecular weight is 365 g/mol. The van der Waals surface area contributed by atoms with E-state index in [0.717, 1.165) is 21.5 Å². The van der Waals surface area contributed by atoms with Gasteiger partial charge >= 0.3 is 0 Å². The predicted molar refractivity (Wildman–Crippen MR) is 106 cm³/mol. The number of anilines is 1. The van der Waals surface area contributed by atoms with Gasteiger partial charge in [0.2, 0.25) is 0 Å². The molecule has 2 nitrogen and oxygen atoms in total. The van der Waals surface area contributed by atoms with Crippen molar-refractivity contribution in [3.63, 3.8) is 0 Å². The Morgan fingerprint density at radius 2 is 2.00 bits per heavy atom. The summed E-state index contributed by atoms with van der Waals surface area (Å²) in [6.45, 7) is 6.72. The molecule has 1 aromatic heterocycles. The Bertz CT molecular complexity index is 642. The van der Waals surface area contributed by atoms with Gasteiger partial charge in [0, 0.05) is 16.0 Å². The summed E-state index contributed by atoms with van der Waals surface area (Å²) in [7, 11) is 0. The lowest BCUT2D eigenvalue weighted by molar-refractivity contribution is 0.461. The number of thioether (sulfide) groups is 1. The lowest BCUT2D eigenvalue weighted by Crippen LogP contribution is -2.29. The summed E-state index contributed by atoms with van der Waals surface area (Å²) in [6.07, 6.45) is 4.52. The second-order valence-corrected chi connectivity index (χ2v) is 8.86. The molecule has 0 radical (unpaired) electrons. The van der Waals surface area contributed by atoms with Gasteiger partial charge in [0.15, 0.2) is 0 Å². The molecule has 0 aliphatic heterocycles. The van der Waals surface area contributed by atoms with Gasteiger partial charge in [0.25, 0.3) is 0 Å². The van der Waals surface area contributed by atoms with Gasteiger partial charge in [-0.1, -0.05) is 54.6 Å². The Kier molecular flexibility index (Phi) is 6.45. The van der Waals surface area contributed by atoms with Gasteiger partial charge < -0.3 is 5.32 Å². The van der Waals surface area contributed by atoms with Crippen LogP contribution in [0.15, 0.2) is 48.8 Å². The molecule has 0 bridgehead atoms. The monoisotopic (exact) mass is 364 g/mol. The summed E-state index contributed by atoms with van der Waals surface area (Å²) in [6, 6.07) is 11.9. The summed E-state index contributed by atoms with van der Waals surface area (Å²) in [5, 5.41) is 4.01. The second-order valence-electron chi connectivity index (χ2n) is 6.09. The highest BCUT2D eigenvalue weighted by molar-refractivity contribution is 8.24. The van der Waals surface area contributed by atoms with Crippen molar-refractivity contribution in [3.8, 4) is 0 Å². The van der Waals surface area contributed by atoms with Gasteiger partial charge in [-0.2, -0.15) is 0 Å². The van der Waals surface area contributed by atoms with Crippen LogP contribution in [0, 0.1) is 5.92 Å². The van der Waals surface area contributed by atoms with Crippen LogP contribution >= 0.6 is 35.6 Å². The fourth-order valence-corrected chi connectivity index (χ4v) is 3.96. The maximum Gasteiger partial charge on any atom is 0.138 e. The fraction of sp³-hybridized carbons (Fsp3) is 0.333. The Morgan fingerprint density at radius 1 is 1.30 bits per heavy atom. The van der Waals surface area contributed by atoms with Crippen molar-refractivity contribution in [1.82, 2.24) is 4.98 Å². The zero-order valence-electron chi connectivity index (χ0n) is 13.5. The number of hydrogen-bond donors (Lipinski definition) is 1. The number of benzene rings is 1. The first-order chi connectivity index (χ1) is 10.9. The predicted octanol–water partition coefficient (Wildman–Crippen LogP) is 5.82. The van der Waals surface area contributed by atoms with Gasteiger partial charge in [-0.05, 0) is 56.0 Å². The van der Waals surface area contributed by atoms with Gasteiger partial charge in [-0.15, -0.1) is 0 Å². The summed E-state index contributed by atoms with van der Waals surface area (Å²) >= 11 is 13.1. The van der Waals surface area contributed by atoms with E-state index in [1.165, 1.54) is 5.56 Å². The maximum absolute atomic E-state index is 5.95. The van der Waals surface area contributed by atoms with Crippen molar-refractivity contribution in [2.75, 3.05) is 5.32 Å². The number of rotatable bonds is 5. The first-order valence-electron chi connectivity index (χ1n) is 7.51. The largest absolute Gasteiger partial charge is 0.340 e. The van der Waals surface area contributed by atoms with E-state index < -0.39 is 0 Å². The van der Waals surface area contributed by atoms with Crippen molar-refractivity contribution in [2.45, 2.75) is 31.9 Å². The van der Waals surface area contributed by atoms with Gasteiger partial charge in [-0.25, -0.2) is 0 Å². The normalized spacial score (nSPS) is 12.7. The van der Waals surface area contributed by atoms with Crippen molar-refractivity contribution in [2.24, 2.45) is 5.92 Å². The fourth-order valence-electron chi connectivity index (χ4n) is 2.14. The molecule has 1 atom stereocenters. The molecule has 1 N–H and O–H groups in total. The molecule has 122 valence electrons. The minimum atomic E-state index is 0.0198. The highest BCUT2D eigenvalue weighted by Crippen LogP contribution is 2.35. The molecule has 0 spiro atoms. The van der Waals surface area contributed by atoms with Gasteiger partial charge in [0.05, 0.1) is 11.9 Å². The van der Waals surface area contributed by atoms with Crippen molar-refractivity contribution >= 4 is 45.6 Å². The van der Waals surface area contributed by atoms with Crippen LogP contribution in [0.2, 0.25) is 5.02 Å². The Balaban J connectivity index is 1.94. The van der Waals surface area contributed by atoms with E-state index in [2.05, 4.69) is 43.2 Å². The van der Waals surface area contributed by atoms with E-state index in [-0.39, 0.29) is 4.75 Å². The molecule has 5 heteroatoms. The molecule has 2 aromatic rings. The van der Waals surface area contributed by atoms with E-state index in [4.69, 9.17) is 23.8 Å². The zero-order chi connectivity index (χ0) is 16.9. The third-order valence-corrected chi connectivity index (χ3v) is 5.73. The van der Waals surface area contributed by atoms with Crippen molar-refractivity contribution < 1.29 is 0 Å². The number of thiocarbonyl (C=S) groups is 1. The molecule has 0 amide bonds. The number of pyridine rings is 1. The van der Waals surface area contributed by atoms with E-state index in [1.54, 1.807) is 24.2 Å². The number of nitrogens with zero attached hydrogens (tertiary/aromatic N) is 1. The number of hydrogen-bond acceptors (Lipinski definition) is 3. The Labute approximate surface area is 153 Å². The third-order valence-electron chi connectivity index (χ3n) is 3.91. The summed E-state index contributed by atoms with van der Waals surface area (Å²) in [5.41, 5.74) is 2.22. The van der Waals surface area contributed by atoms with Crippen LogP contribution in [-0.4, -0.2) is 14.1 Å². The first-order valence-corrected chi connectivity index (χ1v) is 9.11. The molecule has 1 aromatic carbocycles. The quantitative estimate of drug-likeness (QED) is 0.675. The van der Waals surface area contributed by atoms with Gasteiger partial charge in [-0.3, -0.25) is 4.98 Å². The molecular weight excluding hydrogens is 344 g/mol. The molecule has 1 unspecified atom stereocenters. The first kappa shape index (κ1) is 18.2. The molecule has 0 aliphatic rings. The van der Waals surface area contributed by atoms with Crippen LogP contribution < -0.4 is 5.32 Å². The van der Waals surface area contributed by atoms with E-state index in [9.17, 15) is 0 Å². The lowest BCUT2D eigenvalue weighted by Gasteiger charge is -2.31. The molecule has 1 heterocycles. The van der Waals surface area contributed by atoms with Crippen LogP contribution in [0.3, 0.4) is 0 Å². The second kappa shape index (κ2) is 8.13. The van der Waals surface area contributed by atoms with Crippen LogP contribution in [0.4, 0.5) is 5.69 Å². The molecule has 0 aliphatic carbocycles. The highest BCUT2D eigenvalue weighted by atomic mass is 35.5.